The van der Waals surface area contributed by atoms with Crippen molar-refractivity contribution in [3.05, 3.63) is 0 Å². The zero-order chi connectivity index (χ0) is 15.1. The van der Waals surface area contributed by atoms with Crippen molar-refractivity contribution >= 4 is 0 Å². The Balaban J connectivity index is 2.00. The molecular formula is C18H34NO. The van der Waals surface area contributed by atoms with E-state index in [1.54, 1.807) is 0 Å². The number of hydrogen-bond acceptors (Lipinski definition) is 1. The first kappa shape index (κ1) is 16.3. The standard InChI is InChI=1S/C18H34NO/c1-13-7-8-16(14(2)9-13)10-15-11-17(3,4)19(20)18(5,6)12-15/h13-16H,7-12H2,1-6H3. The summed E-state index contributed by atoms with van der Waals surface area (Å²) in [5.74, 6) is 3.40. The van der Waals surface area contributed by atoms with Crippen LogP contribution < -0.4 is 0 Å². The topological polar surface area (TPSA) is 23.1 Å². The zero-order valence-electron chi connectivity index (χ0n) is 14.4. The van der Waals surface area contributed by atoms with Crippen LogP contribution in [0.3, 0.4) is 0 Å². The Hall–Kier alpha value is -0.0800. The van der Waals surface area contributed by atoms with Gasteiger partial charge in [0.1, 0.15) is 0 Å². The molecule has 0 amide bonds. The van der Waals surface area contributed by atoms with Gasteiger partial charge >= 0.3 is 0 Å². The van der Waals surface area contributed by atoms with Crippen molar-refractivity contribution in [3.8, 4) is 0 Å². The molecular weight excluding hydrogens is 246 g/mol. The van der Waals surface area contributed by atoms with Gasteiger partial charge in [0, 0.05) is 11.1 Å². The molecule has 117 valence electrons. The second-order valence-electron chi connectivity index (χ2n) is 9.08. The molecule has 0 bridgehead atoms. The molecule has 0 aromatic heterocycles. The SMILES string of the molecule is CC1CCC(CC2CC(C)(C)N([O])C(C)(C)C2)C(C)C1. The van der Waals surface area contributed by atoms with Crippen LogP contribution in [-0.2, 0) is 5.21 Å². The molecule has 1 aliphatic carbocycles. The van der Waals surface area contributed by atoms with Crippen LogP contribution in [0, 0.1) is 23.7 Å². The van der Waals surface area contributed by atoms with Crippen LogP contribution in [0.4, 0.5) is 0 Å². The monoisotopic (exact) mass is 280 g/mol. The first-order valence-electron chi connectivity index (χ1n) is 8.59. The molecule has 1 saturated carbocycles. The Morgan fingerprint density at radius 2 is 1.55 bits per heavy atom. The van der Waals surface area contributed by atoms with Gasteiger partial charge in [-0.15, -0.1) is 10.3 Å². The first-order chi connectivity index (χ1) is 9.12. The number of hydrogen-bond donors (Lipinski definition) is 0. The van der Waals surface area contributed by atoms with E-state index in [2.05, 4.69) is 41.5 Å². The second kappa shape index (κ2) is 5.61. The number of hydroxylamine groups is 2. The summed E-state index contributed by atoms with van der Waals surface area (Å²) >= 11 is 0. The minimum Gasteiger partial charge on any atom is -0.144 e. The van der Waals surface area contributed by atoms with Gasteiger partial charge in [0.15, 0.2) is 0 Å². The van der Waals surface area contributed by atoms with Gasteiger partial charge in [-0.25, -0.2) is 0 Å². The lowest BCUT2D eigenvalue weighted by molar-refractivity contribution is -0.295. The molecule has 0 aromatic rings. The summed E-state index contributed by atoms with van der Waals surface area (Å²) in [5.41, 5.74) is -0.394. The van der Waals surface area contributed by atoms with Crippen LogP contribution in [0.1, 0.15) is 80.1 Å². The molecule has 2 fully saturated rings. The van der Waals surface area contributed by atoms with Gasteiger partial charge in [0.25, 0.3) is 0 Å². The Morgan fingerprint density at radius 3 is 2.05 bits per heavy atom. The third kappa shape index (κ3) is 3.39. The molecule has 2 aliphatic rings. The predicted octanol–water partition coefficient (Wildman–Crippen LogP) is 5.06. The van der Waals surface area contributed by atoms with Gasteiger partial charge < -0.3 is 0 Å². The summed E-state index contributed by atoms with van der Waals surface area (Å²) in [5, 5.41) is 13.8. The lowest BCUT2D eigenvalue weighted by atomic mass is 9.67. The highest BCUT2D eigenvalue weighted by atomic mass is 16.5. The number of piperidine rings is 1. The predicted molar refractivity (Wildman–Crippen MR) is 83.7 cm³/mol. The highest BCUT2D eigenvalue weighted by Gasteiger charge is 2.46. The van der Waals surface area contributed by atoms with Gasteiger partial charge in [-0.1, -0.05) is 20.3 Å². The molecule has 1 aliphatic heterocycles. The molecule has 2 heteroatoms. The van der Waals surface area contributed by atoms with Crippen molar-refractivity contribution in [1.82, 2.24) is 5.06 Å². The molecule has 0 N–H and O–H groups in total. The van der Waals surface area contributed by atoms with Gasteiger partial charge in [-0.2, -0.15) is 0 Å². The molecule has 3 atom stereocenters. The maximum absolute atomic E-state index is 12.4. The first-order valence-corrected chi connectivity index (χ1v) is 8.59. The number of rotatable bonds is 2. The third-order valence-electron chi connectivity index (χ3n) is 5.92. The van der Waals surface area contributed by atoms with Crippen LogP contribution >= 0.6 is 0 Å². The van der Waals surface area contributed by atoms with E-state index < -0.39 is 0 Å². The summed E-state index contributed by atoms with van der Waals surface area (Å²) in [6.45, 7) is 13.3. The lowest BCUT2D eigenvalue weighted by Gasteiger charge is -2.51. The molecule has 0 aromatic carbocycles. The summed E-state index contributed by atoms with van der Waals surface area (Å²) < 4.78 is 0. The van der Waals surface area contributed by atoms with Gasteiger partial charge in [0.05, 0.1) is 0 Å². The second-order valence-corrected chi connectivity index (χ2v) is 9.08. The fraction of sp³-hybridized carbons (Fsp3) is 1.00. The van der Waals surface area contributed by atoms with Crippen molar-refractivity contribution in [3.63, 3.8) is 0 Å². The molecule has 1 saturated heterocycles. The lowest BCUT2D eigenvalue weighted by Crippen LogP contribution is -2.58. The van der Waals surface area contributed by atoms with E-state index in [1.807, 2.05) is 0 Å². The zero-order valence-corrected chi connectivity index (χ0v) is 14.4. The maximum atomic E-state index is 12.4. The van der Waals surface area contributed by atoms with Crippen molar-refractivity contribution < 1.29 is 5.21 Å². The van der Waals surface area contributed by atoms with E-state index in [-0.39, 0.29) is 11.1 Å². The fourth-order valence-electron chi connectivity index (χ4n) is 5.14. The minimum atomic E-state index is -0.197. The van der Waals surface area contributed by atoms with Crippen LogP contribution in [-0.4, -0.2) is 16.1 Å². The molecule has 3 unspecified atom stereocenters. The Kier molecular flexibility index (Phi) is 4.57. The highest BCUT2D eigenvalue weighted by Crippen LogP contribution is 2.45. The van der Waals surface area contributed by atoms with Crippen LogP contribution in [0.2, 0.25) is 0 Å². The van der Waals surface area contributed by atoms with Crippen LogP contribution in [0.5, 0.6) is 0 Å². The van der Waals surface area contributed by atoms with Gasteiger partial charge in [-0.3, -0.25) is 0 Å². The van der Waals surface area contributed by atoms with Gasteiger partial charge in [-0.05, 0) is 83.5 Å². The van der Waals surface area contributed by atoms with E-state index in [9.17, 15) is 5.21 Å². The Morgan fingerprint density at radius 1 is 1.00 bits per heavy atom. The highest BCUT2D eigenvalue weighted by molar-refractivity contribution is 4.96. The van der Waals surface area contributed by atoms with Crippen LogP contribution in [0.15, 0.2) is 0 Å². The Labute approximate surface area is 125 Å². The molecule has 1 radical (unpaired) electrons. The van der Waals surface area contributed by atoms with Crippen molar-refractivity contribution in [2.75, 3.05) is 0 Å². The maximum Gasteiger partial charge on any atom is 0.0446 e. The average Bonchev–Trinajstić information content (AvgIpc) is 2.29. The quantitative estimate of drug-likeness (QED) is 0.693. The molecule has 2 nitrogen and oxygen atoms in total. The normalized spacial score (nSPS) is 38.9. The largest absolute Gasteiger partial charge is 0.144 e. The molecule has 20 heavy (non-hydrogen) atoms. The van der Waals surface area contributed by atoms with Crippen LogP contribution in [0.25, 0.3) is 0 Å². The molecule has 2 rings (SSSR count). The van der Waals surface area contributed by atoms with Crippen molar-refractivity contribution in [1.29, 1.82) is 0 Å². The Bertz CT molecular complexity index is 318. The van der Waals surface area contributed by atoms with Gasteiger partial charge in [0.2, 0.25) is 0 Å². The van der Waals surface area contributed by atoms with E-state index in [0.29, 0.717) is 0 Å². The summed E-state index contributed by atoms with van der Waals surface area (Å²) in [7, 11) is 0. The average molecular weight is 280 g/mol. The molecule has 0 spiro atoms. The van der Waals surface area contributed by atoms with Crippen molar-refractivity contribution in [2.45, 2.75) is 91.1 Å². The smallest absolute Gasteiger partial charge is 0.0446 e. The summed E-state index contributed by atoms with van der Waals surface area (Å²) in [4.78, 5) is 0. The van der Waals surface area contributed by atoms with E-state index >= 15 is 0 Å². The summed E-state index contributed by atoms with van der Waals surface area (Å²) in [6.07, 6.45) is 7.69. The minimum absolute atomic E-state index is 0.197. The summed E-state index contributed by atoms with van der Waals surface area (Å²) in [6, 6.07) is 0. The third-order valence-corrected chi connectivity index (χ3v) is 5.92. The number of nitrogens with zero attached hydrogens (tertiary/aromatic N) is 1. The van der Waals surface area contributed by atoms with E-state index in [4.69, 9.17) is 0 Å². The van der Waals surface area contributed by atoms with Crippen molar-refractivity contribution in [2.24, 2.45) is 23.7 Å². The fourth-order valence-corrected chi connectivity index (χ4v) is 5.14. The molecule has 1 heterocycles. The van der Waals surface area contributed by atoms with E-state index in [1.165, 1.54) is 30.7 Å². The van der Waals surface area contributed by atoms with E-state index in [0.717, 1.165) is 36.5 Å².